The van der Waals surface area contributed by atoms with Crippen molar-refractivity contribution in [3.8, 4) is 16.5 Å². The summed E-state index contributed by atoms with van der Waals surface area (Å²) >= 11 is 2.57. The molecule has 4 aromatic rings. The Labute approximate surface area is 243 Å². The van der Waals surface area contributed by atoms with E-state index < -0.39 is 17.1 Å². The fraction of sp³-hybridized carbons (Fsp3) is 0.129. The van der Waals surface area contributed by atoms with Gasteiger partial charge >= 0.3 is 5.97 Å². The van der Waals surface area contributed by atoms with Crippen molar-refractivity contribution >= 4 is 57.5 Å². The molecular weight excluding hydrogens is 558 g/mol. The number of hydrogen-bond acceptors (Lipinski definition) is 7. The lowest BCUT2D eigenvalue weighted by Crippen LogP contribution is -2.31. The lowest BCUT2D eigenvalue weighted by atomic mass is 9.89. The summed E-state index contributed by atoms with van der Waals surface area (Å²) in [4.78, 5) is 53.5. The summed E-state index contributed by atoms with van der Waals surface area (Å²) in [6, 6.07) is 23.0. The number of carboxylic acids is 1. The Balaban J connectivity index is 1.19. The Morgan fingerprint density at radius 3 is 2.41 bits per heavy atom. The second kappa shape index (κ2) is 10.7. The van der Waals surface area contributed by atoms with Crippen LogP contribution in [0.3, 0.4) is 0 Å². The molecular formula is C31H21N3O5S2. The molecule has 202 valence electrons. The fourth-order valence-electron chi connectivity index (χ4n) is 5.16. The van der Waals surface area contributed by atoms with Gasteiger partial charge in [-0.25, -0.2) is 9.69 Å². The molecule has 41 heavy (non-hydrogen) atoms. The SMILES string of the molecule is N#Cc1c(N2C(=O)C[C@@H](Sc3ccc(NC(=O)c4ccccc4C(=O)O)cc3)C2=O)sc2c1CCc1ccccc1-2. The maximum absolute atomic E-state index is 13.5. The van der Waals surface area contributed by atoms with Crippen LogP contribution in [0.5, 0.6) is 0 Å². The molecule has 0 spiro atoms. The predicted octanol–water partition coefficient (Wildman–Crippen LogP) is 5.76. The molecule has 10 heteroatoms. The van der Waals surface area contributed by atoms with Crippen molar-refractivity contribution in [1.29, 1.82) is 5.26 Å². The molecule has 0 saturated carbocycles. The highest BCUT2D eigenvalue weighted by molar-refractivity contribution is 8.00. The zero-order valence-electron chi connectivity index (χ0n) is 21.4. The van der Waals surface area contributed by atoms with Crippen LogP contribution in [0.25, 0.3) is 10.4 Å². The second-order valence-corrected chi connectivity index (χ2v) is 11.8. The highest BCUT2D eigenvalue weighted by Crippen LogP contribution is 2.48. The first kappa shape index (κ1) is 26.5. The molecule has 1 aliphatic heterocycles. The van der Waals surface area contributed by atoms with Gasteiger partial charge in [-0.1, -0.05) is 36.4 Å². The number of aromatic carboxylic acids is 1. The van der Waals surface area contributed by atoms with Gasteiger partial charge in [0.05, 0.1) is 21.9 Å². The van der Waals surface area contributed by atoms with E-state index in [1.54, 1.807) is 36.4 Å². The highest BCUT2D eigenvalue weighted by atomic mass is 32.2. The second-order valence-electron chi connectivity index (χ2n) is 9.57. The number of nitriles is 1. The molecule has 1 aromatic heterocycles. The molecule has 1 fully saturated rings. The van der Waals surface area contributed by atoms with E-state index in [0.717, 1.165) is 27.3 Å². The van der Waals surface area contributed by atoms with Crippen LogP contribution in [0.15, 0.2) is 77.7 Å². The van der Waals surface area contributed by atoms with Crippen molar-refractivity contribution in [3.05, 3.63) is 101 Å². The molecule has 0 unspecified atom stereocenters. The van der Waals surface area contributed by atoms with Gasteiger partial charge in [-0.05, 0) is 65.9 Å². The third-order valence-electron chi connectivity index (χ3n) is 7.11. The van der Waals surface area contributed by atoms with E-state index in [1.165, 1.54) is 45.7 Å². The molecule has 2 heterocycles. The lowest BCUT2D eigenvalue weighted by Gasteiger charge is -2.15. The van der Waals surface area contributed by atoms with Crippen LogP contribution < -0.4 is 10.2 Å². The summed E-state index contributed by atoms with van der Waals surface area (Å²) in [5.41, 5.74) is 3.94. The molecule has 0 radical (unpaired) electrons. The van der Waals surface area contributed by atoms with Crippen LogP contribution in [0, 0.1) is 11.3 Å². The molecule has 1 atom stereocenters. The van der Waals surface area contributed by atoms with Crippen LogP contribution in [0.4, 0.5) is 10.7 Å². The minimum atomic E-state index is -1.19. The maximum Gasteiger partial charge on any atom is 0.336 e. The number of rotatable bonds is 6. The van der Waals surface area contributed by atoms with Crippen molar-refractivity contribution in [2.75, 3.05) is 10.2 Å². The van der Waals surface area contributed by atoms with E-state index in [1.807, 2.05) is 18.2 Å². The summed E-state index contributed by atoms with van der Waals surface area (Å²) in [5.74, 6) is -2.44. The number of carbonyl (C=O) groups is 4. The van der Waals surface area contributed by atoms with Gasteiger partial charge in [0.1, 0.15) is 11.1 Å². The van der Waals surface area contributed by atoms with E-state index >= 15 is 0 Å². The topological polar surface area (TPSA) is 128 Å². The molecule has 0 bridgehead atoms. The van der Waals surface area contributed by atoms with Crippen LogP contribution in [-0.2, 0) is 22.4 Å². The molecule has 8 nitrogen and oxygen atoms in total. The summed E-state index contributed by atoms with van der Waals surface area (Å²) < 4.78 is 0. The number of benzene rings is 3. The number of anilines is 2. The standard InChI is InChI=1S/C31H21N3O5S2/c32-16-24-21-14-9-17-5-1-2-6-20(17)27(21)41-30(24)34-26(35)15-25(29(34)37)40-19-12-10-18(11-13-19)33-28(36)22-7-3-4-8-23(22)31(38)39/h1-8,10-13,25H,9,14-15H2,(H,33,36)(H,38,39)/t25-/m1/s1. The van der Waals surface area contributed by atoms with Crippen molar-refractivity contribution in [3.63, 3.8) is 0 Å². The zero-order chi connectivity index (χ0) is 28.7. The Hall–Kier alpha value is -4.72. The highest BCUT2D eigenvalue weighted by Gasteiger charge is 2.43. The van der Waals surface area contributed by atoms with Gasteiger partial charge in [0.15, 0.2) is 0 Å². The smallest absolute Gasteiger partial charge is 0.336 e. The first-order valence-corrected chi connectivity index (χ1v) is 14.5. The van der Waals surface area contributed by atoms with Crippen molar-refractivity contribution in [1.82, 2.24) is 0 Å². The number of hydrogen-bond donors (Lipinski definition) is 2. The van der Waals surface area contributed by atoms with Gasteiger partial charge in [-0.2, -0.15) is 5.26 Å². The summed E-state index contributed by atoms with van der Waals surface area (Å²) in [6.45, 7) is 0. The first-order chi connectivity index (χ1) is 19.9. The van der Waals surface area contributed by atoms with Gasteiger partial charge < -0.3 is 10.4 Å². The summed E-state index contributed by atoms with van der Waals surface area (Å²) in [6.07, 6.45) is 1.50. The van der Waals surface area contributed by atoms with Crippen LogP contribution in [-0.4, -0.2) is 34.0 Å². The van der Waals surface area contributed by atoms with Crippen LogP contribution in [0.2, 0.25) is 0 Å². The first-order valence-electron chi connectivity index (χ1n) is 12.8. The third kappa shape index (κ3) is 4.79. The third-order valence-corrected chi connectivity index (χ3v) is 9.56. The number of amides is 3. The minimum absolute atomic E-state index is 0.0119. The molecule has 3 amide bonds. The van der Waals surface area contributed by atoms with E-state index in [-0.39, 0.29) is 29.4 Å². The Morgan fingerprint density at radius 1 is 0.976 bits per heavy atom. The normalized spacial score (nSPS) is 15.7. The number of fused-ring (bicyclic) bond motifs is 3. The number of imide groups is 1. The number of thiophene rings is 1. The van der Waals surface area contributed by atoms with Crippen LogP contribution in [0.1, 0.15) is 43.8 Å². The van der Waals surface area contributed by atoms with Crippen molar-refractivity contribution < 1.29 is 24.3 Å². The van der Waals surface area contributed by atoms with Gasteiger partial charge in [0.25, 0.3) is 5.91 Å². The summed E-state index contributed by atoms with van der Waals surface area (Å²) in [5, 5.41) is 21.8. The molecule has 6 rings (SSSR count). The van der Waals surface area contributed by atoms with E-state index in [9.17, 15) is 29.5 Å². The minimum Gasteiger partial charge on any atom is -0.478 e. The van der Waals surface area contributed by atoms with Crippen molar-refractivity contribution in [2.45, 2.75) is 29.4 Å². The zero-order valence-corrected chi connectivity index (χ0v) is 23.1. The van der Waals surface area contributed by atoms with Gasteiger partial charge in [0, 0.05) is 21.9 Å². The Kier molecular flexibility index (Phi) is 6.91. The lowest BCUT2D eigenvalue weighted by molar-refractivity contribution is -0.121. The number of aryl methyl sites for hydroxylation is 1. The van der Waals surface area contributed by atoms with E-state index in [0.29, 0.717) is 22.7 Å². The summed E-state index contributed by atoms with van der Waals surface area (Å²) in [7, 11) is 0. The van der Waals surface area contributed by atoms with Crippen molar-refractivity contribution in [2.24, 2.45) is 0 Å². The molecule has 2 N–H and O–H groups in total. The number of carboxylic acid groups (broad SMARTS) is 1. The average Bonchev–Trinajstić information content (AvgIpc) is 3.49. The maximum atomic E-state index is 13.5. The number of thioether (sulfide) groups is 1. The predicted molar refractivity (Wildman–Crippen MR) is 156 cm³/mol. The number of nitrogens with zero attached hydrogens (tertiary/aromatic N) is 2. The Bertz CT molecular complexity index is 1790. The van der Waals surface area contributed by atoms with Crippen LogP contribution >= 0.6 is 23.1 Å². The quantitative estimate of drug-likeness (QED) is 0.278. The molecule has 3 aromatic carbocycles. The van der Waals surface area contributed by atoms with E-state index in [4.69, 9.17) is 0 Å². The number of nitrogens with one attached hydrogen (secondary N) is 1. The van der Waals surface area contributed by atoms with Gasteiger partial charge in [-0.3, -0.25) is 14.4 Å². The van der Waals surface area contributed by atoms with Gasteiger partial charge in [-0.15, -0.1) is 23.1 Å². The molecule has 2 aliphatic rings. The monoisotopic (exact) mass is 579 g/mol. The average molecular weight is 580 g/mol. The Morgan fingerprint density at radius 2 is 1.68 bits per heavy atom. The number of carbonyl (C=O) groups excluding carboxylic acids is 3. The fourth-order valence-corrected chi connectivity index (χ4v) is 7.59. The largest absolute Gasteiger partial charge is 0.478 e. The van der Waals surface area contributed by atoms with Gasteiger partial charge in [0.2, 0.25) is 11.8 Å². The van der Waals surface area contributed by atoms with E-state index in [2.05, 4.69) is 17.5 Å². The molecule has 1 saturated heterocycles. The molecule has 1 aliphatic carbocycles.